The highest BCUT2D eigenvalue weighted by Gasteiger charge is 2.32. The van der Waals surface area contributed by atoms with E-state index in [1.807, 2.05) is 27.1 Å². The van der Waals surface area contributed by atoms with Crippen LogP contribution in [0.4, 0.5) is 0 Å². The first-order chi connectivity index (χ1) is 7.88. The van der Waals surface area contributed by atoms with Crippen molar-refractivity contribution in [2.75, 3.05) is 13.1 Å². The number of unbranched alkanes of at least 4 members (excludes halogenated alkanes) is 1. The molecule has 17 heavy (non-hydrogen) atoms. The Balaban J connectivity index is 4.74. The van der Waals surface area contributed by atoms with Crippen LogP contribution in [0.3, 0.4) is 0 Å². The molecule has 0 aromatic carbocycles. The van der Waals surface area contributed by atoms with Gasteiger partial charge in [0.1, 0.15) is 0 Å². The highest BCUT2D eigenvalue weighted by molar-refractivity contribution is 5.82. The molecule has 0 unspecified atom stereocenters. The van der Waals surface area contributed by atoms with Gasteiger partial charge in [-0.25, -0.2) is 0 Å². The Morgan fingerprint density at radius 3 is 2.24 bits per heavy atom. The Morgan fingerprint density at radius 1 is 1.29 bits per heavy atom. The molecule has 5 nitrogen and oxygen atoms in total. The number of amides is 1. The Morgan fingerprint density at radius 2 is 1.88 bits per heavy atom. The van der Waals surface area contributed by atoms with Crippen molar-refractivity contribution < 1.29 is 9.59 Å². The van der Waals surface area contributed by atoms with Crippen molar-refractivity contribution in [3.63, 3.8) is 0 Å². The highest BCUT2D eigenvalue weighted by atomic mass is 16.2. The molecule has 0 aliphatic rings. The van der Waals surface area contributed by atoms with Crippen LogP contribution in [0.1, 0.15) is 40.0 Å². The van der Waals surface area contributed by atoms with E-state index in [1.165, 1.54) is 4.90 Å². The number of nitrogens with zero attached hydrogens (tertiary/aromatic N) is 1. The minimum atomic E-state index is -0.530. The van der Waals surface area contributed by atoms with Crippen molar-refractivity contribution in [1.82, 2.24) is 4.90 Å². The Labute approximate surface area is 104 Å². The smallest absolute Gasteiger partial charge is 0.237 e. The quantitative estimate of drug-likeness (QED) is 0.623. The Hall–Kier alpha value is -0.940. The lowest BCUT2D eigenvalue weighted by molar-refractivity contribution is -0.136. The van der Waals surface area contributed by atoms with E-state index in [9.17, 15) is 9.59 Å². The summed E-state index contributed by atoms with van der Waals surface area (Å²) in [4.78, 5) is 24.3. The van der Waals surface area contributed by atoms with Gasteiger partial charge in [0, 0.05) is 5.54 Å². The molecule has 0 aliphatic heterocycles. The predicted molar refractivity (Wildman–Crippen MR) is 68.0 cm³/mol. The molecule has 1 atom stereocenters. The zero-order chi connectivity index (χ0) is 13.5. The van der Waals surface area contributed by atoms with Crippen molar-refractivity contribution in [2.24, 2.45) is 11.5 Å². The normalized spacial score (nSPS) is 13.2. The van der Waals surface area contributed by atoms with Crippen LogP contribution in [0.25, 0.3) is 0 Å². The van der Waals surface area contributed by atoms with E-state index >= 15 is 0 Å². The third-order valence-electron chi connectivity index (χ3n) is 2.55. The van der Waals surface area contributed by atoms with Gasteiger partial charge in [-0.3, -0.25) is 9.59 Å². The lowest BCUT2D eigenvalue weighted by atomic mass is 9.99. The Bertz CT molecular complexity index is 249. The number of hydrogen-bond donors (Lipinski definition) is 2. The van der Waals surface area contributed by atoms with Crippen molar-refractivity contribution >= 4 is 12.2 Å². The van der Waals surface area contributed by atoms with Crippen LogP contribution in [0.15, 0.2) is 0 Å². The number of carbonyl (C=O) groups excluding carboxylic acids is 2. The van der Waals surface area contributed by atoms with Gasteiger partial charge in [0.05, 0.1) is 12.6 Å². The fourth-order valence-corrected chi connectivity index (χ4v) is 1.84. The minimum absolute atomic E-state index is 0.0909. The summed E-state index contributed by atoms with van der Waals surface area (Å²) in [6, 6.07) is -0.530. The van der Waals surface area contributed by atoms with E-state index in [2.05, 4.69) is 0 Å². The fourth-order valence-electron chi connectivity index (χ4n) is 1.84. The van der Waals surface area contributed by atoms with Gasteiger partial charge in [-0.05, 0) is 46.6 Å². The predicted octanol–water partition coefficient (Wildman–Crippen LogP) is 0.180. The second kappa shape index (κ2) is 7.40. The molecule has 0 saturated carbocycles. The number of rotatable bonds is 7. The largest absolute Gasteiger partial charge is 0.330 e. The molecule has 0 aliphatic carbocycles. The average Bonchev–Trinajstić information content (AvgIpc) is 2.25. The summed E-state index contributed by atoms with van der Waals surface area (Å²) in [6.45, 7) is 6.15. The molecule has 0 bridgehead atoms. The van der Waals surface area contributed by atoms with E-state index in [4.69, 9.17) is 11.5 Å². The van der Waals surface area contributed by atoms with Crippen LogP contribution in [0.2, 0.25) is 0 Å². The third-order valence-corrected chi connectivity index (χ3v) is 2.55. The lowest BCUT2D eigenvalue weighted by Crippen LogP contribution is -2.54. The van der Waals surface area contributed by atoms with Crippen LogP contribution < -0.4 is 11.5 Å². The average molecular weight is 242 g/mol. The van der Waals surface area contributed by atoms with Gasteiger partial charge in [-0.15, -0.1) is 0 Å². The van der Waals surface area contributed by atoms with E-state index in [-0.39, 0.29) is 12.5 Å². The summed E-state index contributed by atoms with van der Waals surface area (Å²) in [5.41, 5.74) is 10.4. The van der Waals surface area contributed by atoms with Gasteiger partial charge >= 0.3 is 0 Å². The molecule has 1 radical (unpaired) electrons. The van der Waals surface area contributed by atoms with Crippen LogP contribution in [-0.2, 0) is 9.59 Å². The molecular formula is C12H24N3O2. The first-order valence-corrected chi connectivity index (χ1v) is 5.98. The maximum atomic E-state index is 11.8. The van der Waals surface area contributed by atoms with E-state index in [0.29, 0.717) is 13.0 Å². The van der Waals surface area contributed by atoms with Crippen LogP contribution in [0, 0.1) is 0 Å². The van der Waals surface area contributed by atoms with Crippen LogP contribution >= 0.6 is 0 Å². The maximum Gasteiger partial charge on any atom is 0.237 e. The first kappa shape index (κ1) is 16.1. The number of hydrogen-bond acceptors (Lipinski definition) is 4. The summed E-state index contributed by atoms with van der Waals surface area (Å²) < 4.78 is 0. The molecule has 0 rings (SSSR count). The zero-order valence-corrected chi connectivity index (χ0v) is 11.0. The first-order valence-electron chi connectivity index (χ1n) is 5.98. The van der Waals surface area contributed by atoms with Crippen molar-refractivity contribution in [1.29, 1.82) is 0 Å². The molecule has 0 heterocycles. The third kappa shape index (κ3) is 5.28. The maximum absolute atomic E-state index is 11.8. The molecule has 0 aromatic rings. The summed E-state index contributed by atoms with van der Waals surface area (Å²) in [6.07, 6.45) is 4.18. The summed E-state index contributed by atoms with van der Waals surface area (Å²) in [5, 5.41) is 0. The molecule has 99 valence electrons. The Kier molecular flexibility index (Phi) is 6.99. The van der Waals surface area contributed by atoms with Crippen LogP contribution in [-0.4, -0.2) is 41.8 Å². The molecular weight excluding hydrogens is 218 g/mol. The van der Waals surface area contributed by atoms with Crippen molar-refractivity contribution in [3.8, 4) is 0 Å². The van der Waals surface area contributed by atoms with E-state index in [1.54, 1.807) is 0 Å². The van der Waals surface area contributed by atoms with Gasteiger partial charge in [0.2, 0.25) is 12.2 Å². The van der Waals surface area contributed by atoms with E-state index < -0.39 is 11.6 Å². The minimum Gasteiger partial charge on any atom is -0.330 e. The van der Waals surface area contributed by atoms with Gasteiger partial charge in [-0.2, -0.15) is 0 Å². The van der Waals surface area contributed by atoms with Crippen molar-refractivity contribution in [2.45, 2.75) is 51.6 Å². The topological polar surface area (TPSA) is 89.4 Å². The standard InChI is InChI=1S/C12H24N3O2/c1-12(2,3)15(11(17)8-14)10(9-16)6-4-5-7-13/h10H,4-8,13-14H2,1-3H3/t10-/m0/s1. The number of nitrogens with two attached hydrogens (primary N) is 2. The van der Waals surface area contributed by atoms with Gasteiger partial charge in [0.15, 0.2) is 0 Å². The second-order valence-corrected chi connectivity index (χ2v) is 5.06. The van der Waals surface area contributed by atoms with Gasteiger partial charge in [0.25, 0.3) is 0 Å². The molecule has 5 heteroatoms. The lowest BCUT2D eigenvalue weighted by Gasteiger charge is -2.39. The molecule has 1 amide bonds. The van der Waals surface area contributed by atoms with Gasteiger partial charge < -0.3 is 16.4 Å². The van der Waals surface area contributed by atoms with Crippen LogP contribution in [0.5, 0.6) is 0 Å². The fraction of sp³-hybridized carbons (Fsp3) is 0.833. The summed E-state index contributed by atoms with van der Waals surface area (Å²) in [5.74, 6) is -0.224. The molecule has 4 N–H and O–H groups in total. The molecule has 0 saturated heterocycles. The monoisotopic (exact) mass is 242 g/mol. The highest BCUT2D eigenvalue weighted by Crippen LogP contribution is 2.19. The number of carbonyl (C=O) groups is 1. The summed E-state index contributed by atoms with van der Waals surface area (Å²) >= 11 is 0. The SMILES string of the molecule is CC(C)(C)N(C(=O)CN)[C@H]([C]=O)CCCCN. The zero-order valence-electron chi connectivity index (χ0n) is 11.0. The van der Waals surface area contributed by atoms with Gasteiger partial charge in [-0.1, -0.05) is 0 Å². The summed E-state index contributed by atoms with van der Waals surface area (Å²) in [7, 11) is 0. The van der Waals surface area contributed by atoms with Crippen molar-refractivity contribution in [3.05, 3.63) is 0 Å². The molecule has 0 spiro atoms. The second-order valence-electron chi connectivity index (χ2n) is 5.06. The molecule has 0 aromatic heterocycles. The van der Waals surface area contributed by atoms with E-state index in [0.717, 1.165) is 12.8 Å². The molecule has 0 fully saturated rings.